The third kappa shape index (κ3) is 4.54. The van der Waals surface area contributed by atoms with E-state index in [1.54, 1.807) is 37.8 Å². The Balaban J connectivity index is 1.97. The maximum absolute atomic E-state index is 11.9. The number of aryl methyl sites for hydroxylation is 1. The van der Waals surface area contributed by atoms with E-state index >= 15 is 0 Å². The second-order valence-electron chi connectivity index (χ2n) is 4.87. The lowest BCUT2D eigenvalue weighted by atomic mass is 10.2. The largest absolute Gasteiger partial charge is 0.336 e. The highest BCUT2D eigenvalue weighted by Gasteiger charge is 2.15. The van der Waals surface area contributed by atoms with Gasteiger partial charge in [-0.1, -0.05) is 6.07 Å². The summed E-state index contributed by atoms with van der Waals surface area (Å²) in [5.41, 5.74) is 1.01. The first kappa shape index (κ1) is 17.0. The zero-order valence-electron chi connectivity index (χ0n) is 12.9. The van der Waals surface area contributed by atoms with E-state index in [2.05, 4.69) is 20.3 Å². The van der Waals surface area contributed by atoms with Gasteiger partial charge in [-0.3, -0.25) is 0 Å². The van der Waals surface area contributed by atoms with Crippen LogP contribution in [0, 0.1) is 6.92 Å². The Morgan fingerprint density at radius 1 is 1.35 bits per heavy atom. The zero-order chi connectivity index (χ0) is 16.9. The van der Waals surface area contributed by atoms with E-state index in [0.717, 1.165) is 0 Å². The van der Waals surface area contributed by atoms with Crippen LogP contribution in [0.2, 0.25) is 0 Å². The van der Waals surface area contributed by atoms with Gasteiger partial charge in [0.1, 0.15) is 0 Å². The molecule has 1 heterocycles. The van der Waals surface area contributed by atoms with E-state index in [-0.39, 0.29) is 4.90 Å². The van der Waals surface area contributed by atoms with Crippen molar-refractivity contribution in [3.63, 3.8) is 0 Å². The van der Waals surface area contributed by atoms with E-state index in [0.29, 0.717) is 24.3 Å². The van der Waals surface area contributed by atoms with Crippen molar-refractivity contribution in [2.75, 3.05) is 18.9 Å². The molecule has 0 saturated carbocycles. The van der Waals surface area contributed by atoms with Crippen molar-refractivity contribution >= 4 is 21.7 Å². The fourth-order valence-electron chi connectivity index (χ4n) is 1.97. The van der Waals surface area contributed by atoms with Gasteiger partial charge < -0.3 is 15.2 Å². The second kappa shape index (κ2) is 7.25. The van der Waals surface area contributed by atoms with Crippen LogP contribution in [0.15, 0.2) is 41.8 Å². The Hall–Kier alpha value is -2.39. The molecule has 2 aromatic rings. The van der Waals surface area contributed by atoms with Gasteiger partial charge in [0.05, 0.1) is 11.2 Å². The van der Waals surface area contributed by atoms with Gasteiger partial charge in [0.15, 0.2) is 0 Å². The summed E-state index contributed by atoms with van der Waals surface area (Å²) in [5, 5.41) is 5.31. The first-order valence-corrected chi connectivity index (χ1v) is 8.45. The van der Waals surface area contributed by atoms with Crippen molar-refractivity contribution in [3.8, 4) is 0 Å². The van der Waals surface area contributed by atoms with Crippen LogP contribution >= 0.6 is 0 Å². The number of imidazole rings is 1. The number of rotatable bonds is 6. The smallest absolute Gasteiger partial charge is 0.319 e. The number of amides is 2. The molecule has 2 rings (SSSR count). The average Bonchev–Trinajstić information content (AvgIpc) is 3.02. The minimum Gasteiger partial charge on any atom is -0.336 e. The number of benzene rings is 1. The van der Waals surface area contributed by atoms with Crippen LogP contribution in [-0.2, 0) is 16.6 Å². The lowest BCUT2D eigenvalue weighted by Crippen LogP contribution is -2.31. The summed E-state index contributed by atoms with van der Waals surface area (Å²) in [6.07, 6.45) is 5.12. The van der Waals surface area contributed by atoms with Crippen LogP contribution in [0.5, 0.6) is 0 Å². The summed E-state index contributed by atoms with van der Waals surface area (Å²) in [5.74, 6) is 0. The number of carbonyl (C=O) groups is 1. The molecule has 1 aromatic carbocycles. The third-order valence-electron chi connectivity index (χ3n) is 3.22. The van der Waals surface area contributed by atoms with Gasteiger partial charge in [-0.05, 0) is 31.7 Å². The van der Waals surface area contributed by atoms with Crippen molar-refractivity contribution in [3.05, 3.63) is 42.5 Å². The van der Waals surface area contributed by atoms with Crippen LogP contribution in [-0.4, -0.2) is 37.6 Å². The van der Waals surface area contributed by atoms with Gasteiger partial charge in [0, 0.05) is 31.2 Å². The van der Waals surface area contributed by atoms with Crippen molar-refractivity contribution in [1.82, 2.24) is 19.6 Å². The highest BCUT2D eigenvalue weighted by Crippen LogP contribution is 2.19. The first-order valence-electron chi connectivity index (χ1n) is 6.97. The topological polar surface area (TPSA) is 105 Å². The summed E-state index contributed by atoms with van der Waals surface area (Å²) in [7, 11) is -2.22. The van der Waals surface area contributed by atoms with E-state index in [9.17, 15) is 13.2 Å². The molecule has 0 aliphatic heterocycles. The maximum atomic E-state index is 11.9. The minimum absolute atomic E-state index is 0.135. The van der Waals surface area contributed by atoms with Gasteiger partial charge in [-0.2, -0.15) is 0 Å². The van der Waals surface area contributed by atoms with Gasteiger partial charge in [-0.15, -0.1) is 0 Å². The third-order valence-corrected chi connectivity index (χ3v) is 4.78. The summed E-state index contributed by atoms with van der Waals surface area (Å²) >= 11 is 0. The Kier molecular flexibility index (Phi) is 5.35. The highest BCUT2D eigenvalue weighted by atomic mass is 32.2. The van der Waals surface area contributed by atoms with Crippen LogP contribution < -0.4 is 15.4 Å². The Morgan fingerprint density at radius 3 is 2.78 bits per heavy atom. The van der Waals surface area contributed by atoms with Gasteiger partial charge >= 0.3 is 6.03 Å². The molecule has 23 heavy (non-hydrogen) atoms. The second-order valence-corrected chi connectivity index (χ2v) is 6.72. The number of nitrogens with one attached hydrogen (secondary N) is 3. The number of sulfonamides is 1. The molecule has 2 amide bonds. The van der Waals surface area contributed by atoms with Crippen molar-refractivity contribution < 1.29 is 13.2 Å². The summed E-state index contributed by atoms with van der Waals surface area (Å²) in [6, 6.07) is 4.32. The van der Waals surface area contributed by atoms with Crippen LogP contribution in [0.4, 0.5) is 10.5 Å². The predicted octanol–water partition coefficient (Wildman–Crippen LogP) is 0.921. The molecule has 9 heteroatoms. The van der Waals surface area contributed by atoms with Crippen LogP contribution in [0.3, 0.4) is 0 Å². The molecule has 1 aromatic heterocycles. The van der Waals surface area contributed by atoms with E-state index in [1.165, 1.54) is 13.1 Å². The van der Waals surface area contributed by atoms with E-state index in [4.69, 9.17) is 0 Å². The van der Waals surface area contributed by atoms with Crippen molar-refractivity contribution in [2.24, 2.45) is 0 Å². The van der Waals surface area contributed by atoms with E-state index in [1.807, 2.05) is 4.57 Å². The SMILES string of the molecule is CNS(=O)(=O)c1cc(NC(=O)NCCn2ccnc2)ccc1C. The molecule has 0 saturated heterocycles. The number of nitrogens with zero attached hydrogens (tertiary/aromatic N) is 2. The molecule has 0 radical (unpaired) electrons. The van der Waals surface area contributed by atoms with Crippen LogP contribution in [0.1, 0.15) is 5.56 Å². The van der Waals surface area contributed by atoms with Gasteiger partial charge in [-0.25, -0.2) is 22.9 Å². The predicted molar refractivity (Wildman–Crippen MR) is 86.7 cm³/mol. The molecular formula is C14H19N5O3S. The number of hydrogen-bond donors (Lipinski definition) is 3. The Bertz CT molecular complexity index is 772. The maximum Gasteiger partial charge on any atom is 0.319 e. The number of hydrogen-bond acceptors (Lipinski definition) is 4. The standard InChI is InChI=1S/C14H19N5O3S/c1-11-3-4-12(9-13(11)23(21,22)15-2)18-14(20)17-6-8-19-7-5-16-10-19/h3-5,7,9-10,15H,6,8H2,1-2H3,(H2,17,18,20). The number of anilines is 1. The fraction of sp³-hybridized carbons (Fsp3) is 0.286. The summed E-state index contributed by atoms with van der Waals surface area (Å²) in [4.78, 5) is 15.9. The molecule has 0 aliphatic carbocycles. The fourth-order valence-corrected chi connectivity index (χ4v) is 2.96. The molecule has 0 aliphatic rings. The summed E-state index contributed by atoms with van der Waals surface area (Å²) < 4.78 is 27.9. The molecule has 0 unspecified atom stereocenters. The molecule has 0 atom stereocenters. The van der Waals surface area contributed by atoms with Crippen molar-refractivity contribution in [1.29, 1.82) is 0 Å². The number of aromatic nitrogens is 2. The molecule has 8 nitrogen and oxygen atoms in total. The highest BCUT2D eigenvalue weighted by molar-refractivity contribution is 7.89. The lowest BCUT2D eigenvalue weighted by Gasteiger charge is -2.11. The monoisotopic (exact) mass is 337 g/mol. The van der Waals surface area contributed by atoms with Crippen LogP contribution in [0.25, 0.3) is 0 Å². The number of carbonyl (C=O) groups excluding carboxylic acids is 1. The normalized spacial score (nSPS) is 11.2. The molecule has 0 spiro atoms. The minimum atomic E-state index is -3.57. The Labute approximate surface area is 135 Å². The van der Waals surface area contributed by atoms with E-state index < -0.39 is 16.1 Å². The van der Waals surface area contributed by atoms with Gasteiger partial charge in [0.2, 0.25) is 10.0 Å². The molecule has 124 valence electrons. The van der Waals surface area contributed by atoms with Crippen molar-refractivity contribution in [2.45, 2.75) is 18.4 Å². The average molecular weight is 337 g/mol. The van der Waals surface area contributed by atoms with Gasteiger partial charge in [0.25, 0.3) is 0 Å². The molecular weight excluding hydrogens is 318 g/mol. The lowest BCUT2D eigenvalue weighted by molar-refractivity contribution is 0.251. The molecule has 0 bridgehead atoms. The zero-order valence-corrected chi connectivity index (χ0v) is 13.7. The quantitative estimate of drug-likeness (QED) is 0.729. The molecule has 3 N–H and O–H groups in total. The number of urea groups is 1. The first-order chi connectivity index (χ1) is 10.9. The molecule has 0 fully saturated rings. The summed E-state index contributed by atoms with van der Waals surface area (Å²) in [6.45, 7) is 2.72. The Morgan fingerprint density at radius 2 is 2.13 bits per heavy atom.